The number of nitrogen functional groups attached to an aromatic ring is 1. The van der Waals surface area contributed by atoms with E-state index in [0.717, 1.165) is 10.0 Å². The molecule has 1 aromatic carbocycles. The van der Waals surface area contributed by atoms with Gasteiger partial charge in [-0.25, -0.2) is 0 Å². The Labute approximate surface area is 134 Å². The average Bonchev–Trinajstić information content (AvgIpc) is 3.15. The highest BCUT2D eigenvalue weighted by Gasteiger charge is 2.23. The van der Waals surface area contributed by atoms with Crippen LogP contribution in [0.2, 0.25) is 0 Å². The third kappa shape index (κ3) is 2.75. The van der Waals surface area contributed by atoms with E-state index in [1.54, 1.807) is 12.1 Å². The number of nitrogens with two attached hydrogens (primary N) is 1. The number of rotatable bonds is 4. The number of amides is 1. The number of nitrogens with zero attached hydrogens (tertiary/aromatic N) is 1. The largest absolute Gasteiger partial charge is 0.463 e. The van der Waals surface area contributed by atoms with Gasteiger partial charge in [0.15, 0.2) is 11.5 Å². The van der Waals surface area contributed by atoms with E-state index in [0.29, 0.717) is 12.3 Å². The van der Waals surface area contributed by atoms with E-state index in [-0.39, 0.29) is 23.0 Å². The number of hydrogen-bond acceptors (Lipinski definition) is 5. The molecule has 22 heavy (non-hydrogen) atoms. The van der Waals surface area contributed by atoms with Gasteiger partial charge in [0.2, 0.25) is 5.88 Å². The van der Waals surface area contributed by atoms with Crippen LogP contribution in [0.4, 0.5) is 5.88 Å². The van der Waals surface area contributed by atoms with E-state index in [1.807, 2.05) is 24.3 Å². The molecule has 1 amide bonds. The van der Waals surface area contributed by atoms with Crippen LogP contribution in [-0.2, 0) is 6.54 Å². The first-order valence-corrected chi connectivity index (χ1v) is 7.26. The number of carbonyl (C=O) groups is 1. The minimum absolute atomic E-state index is 0.0453. The Balaban J connectivity index is 1.81. The molecule has 0 aliphatic carbocycles. The minimum atomic E-state index is -0.374. The maximum atomic E-state index is 12.4. The van der Waals surface area contributed by atoms with Gasteiger partial charge in [0.25, 0.3) is 5.91 Å². The Morgan fingerprint density at radius 2 is 2.09 bits per heavy atom. The van der Waals surface area contributed by atoms with E-state index in [2.05, 4.69) is 26.4 Å². The highest BCUT2D eigenvalue weighted by atomic mass is 79.9. The third-order valence-corrected chi connectivity index (χ3v) is 3.87. The number of carbonyl (C=O) groups excluding carboxylic acids is 1. The predicted octanol–water partition coefficient (Wildman–Crippen LogP) is 3.21. The summed E-state index contributed by atoms with van der Waals surface area (Å²) in [5.74, 6) is 0.00317. The first-order valence-electron chi connectivity index (χ1n) is 6.47. The summed E-state index contributed by atoms with van der Waals surface area (Å²) < 4.78 is 11.1. The van der Waals surface area contributed by atoms with Crippen LogP contribution in [0.3, 0.4) is 0 Å². The van der Waals surface area contributed by atoms with Crippen LogP contribution >= 0.6 is 15.9 Å². The number of furan rings is 1. The molecule has 7 heteroatoms. The van der Waals surface area contributed by atoms with Gasteiger partial charge in [-0.05, 0) is 23.8 Å². The lowest BCUT2D eigenvalue weighted by Crippen LogP contribution is -2.24. The van der Waals surface area contributed by atoms with E-state index in [1.165, 1.54) is 6.26 Å². The van der Waals surface area contributed by atoms with Crippen LogP contribution in [0.1, 0.15) is 15.9 Å². The molecule has 2 aromatic heterocycles. The summed E-state index contributed by atoms with van der Waals surface area (Å²) in [5, 5.41) is 6.58. The van der Waals surface area contributed by atoms with Gasteiger partial charge in [0, 0.05) is 11.0 Å². The van der Waals surface area contributed by atoms with Crippen molar-refractivity contribution in [2.75, 3.05) is 5.73 Å². The maximum absolute atomic E-state index is 12.4. The summed E-state index contributed by atoms with van der Waals surface area (Å²) in [6, 6.07) is 11.0. The van der Waals surface area contributed by atoms with Crippen molar-refractivity contribution in [2.45, 2.75) is 6.54 Å². The lowest BCUT2D eigenvalue weighted by Gasteiger charge is -2.06. The quantitative estimate of drug-likeness (QED) is 0.743. The van der Waals surface area contributed by atoms with Crippen LogP contribution in [0, 0.1) is 0 Å². The Bertz CT molecular complexity index is 796. The number of benzene rings is 1. The van der Waals surface area contributed by atoms with Gasteiger partial charge in [0.1, 0.15) is 5.56 Å². The summed E-state index contributed by atoms with van der Waals surface area (Å²) in [7, 11) is 0. The molecule has 0 saturated carbocycles. The van der Waals surface area contributed by atoms with Gasteiger partial charge in [-0.1, -0.05) is 39.3 Å². The molecule has 0 spiro atoms. The zero-order valence-electron chi connectivity index (χ0n) is 11.4. The Morgan fingerprint density at radius 1 is 1.27 bits per heavy atom. The molecular weight excluding hydrogens is 350 g/mol. The molecule has 0 fully saturated rings. The lowest BCUT2D eigenvalue weighted by molar-refractivity contribution is 0.0952. The maximum Gasteiger partial charge on any atom is 0.259 e. The van der Waals surface area contributed by atoms with E-state index < -0.39 is 0 Å². The molecule has 0 aliphatic rings. The highest BCUT2D eigenvalue weighted by Crippen LogP contribution is 2.27. The molecule has 3 rings (SSSR count). The van der Waals surface area contributed by atoms with Crippen molar-refractivity contribution in [1.29, 1.82) is 0 Å². The Hall–Kier alpha value is -2.54. The summed E-state index contributed by atoms with van der Waals surface area (Å²) in [6.07, 6.45) is 1.49. The topological polar surface area (TPSA) is 94.3 Å². The first kappa shape index (κ1) is 14.4. The zero-order chi connectivity index (χ0) is 15.5. The summed E-state index contributed by atoms with van der Waals surface area (Å²) in [6.45, 7) is 0.350. The Kier molecular flexibility index (Phi) is 3.97. The molecule has 0 aliphatic heterocycles. The fraction of sp³-hybridized carbons (Fsp3) is 0.0667. The van der Waals surface area contributed by atoms with Crippen LogP contribution in [0.25, 0.3) is 11.5 Å². The second kappa shape index (κ2) is 6.07. The van der Waals surface area contributed by atoms with E-state index in [9.17, 15) is 4.79 Å². The van der Waals surface area contributed by atoms with Crippen LogP contribution in [0.5, 0.6) is 0 Å². The number of halogens is 1. The number of anilines is 1. The smallest absolute Gasteiger partial charge is 0.259 e. The molecular formula is C15H12BrN3O3. The van der Waals surface area contributed by atoms with Crippen molar-refractivity contribution in [2.24, 2.45) is 0 Å². The van der Waals surface area contributed by atoms with E-state index >= 15 is 0 Å². The summed E-state index contributed by atoms with van der Waals surface area (Å²) in [5.41, 5.74) is 7.11. The molecule has 6 nitrogen and oxygen atoms in total. The van der Waals surface area contributed by atoms with Crippen molar-refractivity contribution in [3.63, 3.8) is 0 Å². The summed E-state index contributed by atoms with van der Waals surface area (Å²) >= 11 is 3.43. The normalized spacial score (nSPS) is 10.6. The van der Waals surface area contributed by atoms with Gasteiger partial charge in [-0.2, -0.15) is 0 Å². The predicted molar refractivity (Wildman–Crippen MR) is 83.9 cm³/mol. The van der Waals surface area contributed by atoms with Gasteiger partial charge in [-0.3, -0.25) is 4.79 Å². The monoisotopic (exact) mass is 361 g/mol. The fourth-order valence-corrected chi connectivity index (χ4v) is 2.43. The van der Waals surface area contributed by atoms with Crippen molar-refractivity contribution in [3.8, 4) is 11.5 Å². The summed E-state index contributed by atoms with van der Waals surface area (Å²) in [4.78, 5) is 12.4. The lowest BCUT2D eigenvalue weighted by atomic mass is 10.1. The first-order chi connectivity index (χ1) is 10.7. The van der Waals surface area contributed by atoms with Crippen molar-refractivity contribution < 1.29 is 13.7 Å². The van der Waals surface area contributed by atoms with Crippen LogP contribution < -0.4 is 11.1 Å². The van der Waals surface area contributed by atoms with Gasteiger partial charge < -0.3 is 20.0 Å². The van der Waals surface area contributed by atoms with E-state index in [4.69, 9.17) is 14.7 Å². The molecule has 2 heterocycles. The molecule has 0 bridgehead atoms. The fourth-order valence-electron chi connectivity index (χ4n) is 2.01. The molecule has 0 atom stereocenters. The minimum Gasteiger partial charge on any atom is -0.463 e. The van der Waals surface area contributed by atoms with Crippen molar-refractivity contribution >= 4 is 27.7 Å². The molecule has 0 unspecified atom stereocenters. The molecule has 3 N–H and O–H groups in total. The zero-order valence-corrected chi connectivity index (χ0v) is 13.0. The molecule has 3 aromatic rings. The molecule has 112 valence electrons. The van der Waals surface area contributed by atoms with Gasteiger partial charge >= 0.3 is 0 Å². The van der Waals surface area contributed by atoms with Crippen LogP contribution in [-0.4, -0.2) is 11.1 Å². The number of nitrogens with one attached hydrogen (secondary N) is 1. The second-order valence-electron chi connectivity index (χ2n) is 4.52. The van der Waals surface area contributed by atoms with Crippen molar-refractivity contribution in [3.05, 3.63) is 58.3 Å². The van der Waals surface area contributed by atoms with Crippen LogP contribution in [0.15, 0.2) is 56.1 Å². The third-order valence-electron chi connectivity index (χ3n) is 3.10. The van der Waals surface area contributed by atoms with Gasteiger partial charge in [-0.15, -0.1) is 0 Å². The molecule has 0 saturated heterocycles. The number of aromatic nitrogens is 1. The van der Waals surface area contributed by atoms with Crippen molar-refractivity contribution in [1.82, 2.24) is 10.5 Å². The van der Waals surface area contributed by atoms with Gasteiger partial charge in [0.05, 0.1) is 6.26 Å². The second-order valence-corrected chi connectivity index (χ2v) is 5.38. The number of hydrogen-bond donors (Lipinski definition) is 2. The molecule has 0 radical (unpaired) electrons. The Morgan fingerprint density at radius 3 is 2.82 bits per heavy atom. The SMILES string of the molecule is Nc1onc(-c2ccco2)c1C(=O)NCc1ccccc1Br. The standard InChI is InChI=1S/C15H12BrN3O3/c16-10-5-2-1-4-9(10)8-18-15(20)12-13(19-22-14(12)17)11-6-3-7-21-11/h1-7H,8,17H2,(H,18,20). The highest BCUT2D eigenvalue weighted by molar-refractivity contribution is 9.10. The average molecular weight is 362 g/mol.